The highest BCUT2D eigenvalue weighted by molar-refractivity contribution is 5.88. The van der Waals surface area contributed by atoms with Crippen LogP contribution in [0.15, 0.2) is 48.5 Å². The second-order valence-corrected chi connectivity index (χ2v) is 10.2. The maximum absolute atomic E-state index is 12.6. The number of piperidine rings is 1. The molecule has 1 amide bonds. The largest absolute Gasteiger partial charge is 0.457 e. The van der Waals surface area contributed by atoms with Crippen LogP contribution >= 0.6 is 0 Å². The average molecular weight is 491 g/mol. The number of amides is 1. The Hall–Kier alpha value is -3.03. The minimum Gasteiger partial charge on any atom is -0.457 e. The molecule has 1 aromatic heterocycles. The number of hydrogen-bond acceptors (Lipinski definition) is 5. The lowest BCUT2D eigenvalue weighted by Crippen LogP contribution is -2.47. The molecule has 0 saturated carbocycles. The molecule has 0 bridgehead atoms. The van der Waals surface area contributed by atoms with Crippen molar-refractivity contribution in [2.24, 2.45) is 0 Å². The number of nitrogens with one attached hydrogen (secondary N) is 2. The first-order valence-corrected chi connectivity index (χ1v) is 13.4. The van der Waals surface area contributed by atoms with Crippen molar-refractivity contribution in [1.29, 1.82) is 0 Å². The van der Waals surface area contributed by atoms with Crippen LogP contribution in [0.1, 0.15) is 44.1 Å². The van der Waals surface area contributed by atoms with E-state index in [9.17, 15) is 4.79 Å². The number of likely N-dealkylation sites (tertiary alicyclic amines) is 2. The van der Waals surface area contributed by atoms with Gasteiger partial charge in [0.1, 0.15) is 11.5 Å². The Labute approximate surface area is 213 Å². The summed E-state index contributed by atoms with van der Waals surface area (Å²) in [5.74, 6) is 1.91. The van der Waals surface area contributed by atoms with Gasteiger partial charge in [0.2, 0.25) is 5.88 Å². The van der Waals surface area contributed by atoms with Crippen LogP contribution in [0.3, 0.4) is 0 Å². The van der Waals surface area contributed by atoms with Gasteiger partial charge in [-0.25, -0.2) is 4.79 Å². The van der Waals surface area contributed by atoms with Crippen molar-refractivity contribution in [2.45, 2.75) is 51.5 Å². The molecule has 3 heterocycles. The van der Waals surface area contributed by atoms with E-state index >= 15 is 0 Å². The summed E-state index contributed by atoms with van der Waals surface area (Å²) in [7, 11) is 0. The van der Waals surface area contributed by atoms with Crippen LogP contribution < -0.4 is 14.8 Å². The average Bonchev–Trinajstić information content (AvgIpc) is 3.10. The molecule has 36 heavy (non-hydrogen) atoms. The molecule has 192 valence electrons. The van der Waals surface area contributed by atoms with Crippen molar-refractivity contribution in [3.8, 4) is 17.4 Å². The second kappa shape index (κ2) is 11.8. The van der Waals surface area contributed by atoms with Gasteiger partial charge >= 0.3 is 6.09 Å². The quantitative estimate of drug-likeness (QED) is 0.445. The summed E-state index contributed by atoms with van der Waals surface area (Å²) in [6.07, 6.45) is 6.93. The van der Waals surface area contributed by atoms with Crippen LogP contribution in [0.5, 0.6) is 17.4 Å². The first-order chi connectivity index (χ1) is 17.6. The molecule has 2 N–H and O–H groups in total. The van der Waals surface area contributed by atoms with E-state index < -0.39 is 6.09 Å². The van der Waals surface area contributed by atoms with Crippen LogP contribution in [0.2, 0.25) is 0 Å². The second-order valence-electron chi connectivity index (χ2n) is 10.2. The van der Waals surface area contributed by atoms with Crippen LogP contribution in [0, 0.1) is 6.92 Å². The van der Waals surface area contributed by atoms with Crippen molar-refractivity contribution >= 4 is 17.0 Å². The molecule has 0 radical (unpaired) electrons. The zero-order chi connectivity index (χ0) is 24.7. The van der Waals surface area contributed by atoms with Crippen LogP contribution in [-0.2, 0) is 0 Å². The third-order valence-corrected chi connectivity index (χ3v) is 7.36. The van der Waals surface area contributed by atoms with Crippen molar-refractivity contribution in [3.05, 3.63) is 54.1 Å². The Morgan fingerprint density at radius 2 is 1.67 bits per heavy atom. The number of fused-ring (bicyclic) bond motifs is 1. The first-order valence-electron chi connectivity index (χ1n) is 13.4. The molecular weight excluding hydrogens is 452 g/mol. The normalized spacial score (nSPS) is 18.1. The molecule has 0 spiro atoms. The fraction of sp³-hybridized carbons (Fsp3) is 0.483. The number of carbonyl (C=O) groups is 1. The zero-order valence-corrected chi connectivity index (χ0v) is 21.3. The summed E-state index contributed by atoms with van der Waals surface area (Å²) in [6.45, 7) is 8.86. The van der Waals surface area contributed by atoms with E-state index in [0.717, 1.165) is 67.0 Å². The lowest BCUT2D eigenvalue weighted by molar-refractivity contribution is 0.157. The van der Waals surface area contributed by atoms with Gasteiger partial charge < -0.3 is 29.6 Å². The van der Waals surface area contributed by atoms with Crippen LogP contribution in [0.4, 0.5) is 4.79 Å². The molecule has 7 heteroatoms. The molecule has 0 atom stereocenters. The number of carbonyl (C=O) groups excluding carboxylic acids is 1. The SMILES string of the molecule is Cc1cccc(Oc2cccc3[nH]c(OC(=O)NC4CCN(CCN5CCCCCC5)CC4)cc23)c1. The number of H-pyrrole nitrogens is 1. The van der Waals surface area contributed by atoms with Crippen molar-refractivity contribution in [3.63, 3.8) is 0 Å². The third kappa shape index (κ3) is 6.59. The van der Waals surface area contributed by atoms with E-state index in [2.05, 4.69) is 20.1 Å². The van der Waals surface area contributed by atoms with Crippen LogP contribution in [0.25, 0.3) is 10.9 Å². The van der Waals surface area contributed by atoms with Gasteiger partial charge in [0.25, 0.3) is 0 Å². The fourth-order valence-corrected chi connectivity index (χ4v) is 5.29. The number of aryl methyl sites for hydroxylation is 1. The Morgan fingerprint density at radius 1 is 0.944 bits per heavy atom. The van der Waals surface area contributed by atoms with Gasteiger partial charge in [0.05, 0.1) is 5.52 Å². The third-order valence-electron chi connectivity index (χ3n) is 7.36. The Morgan fingerprint density at radius 3 is 2.42 bits per heavy atom. The lowest BCUT2D eigenvalue weighted by Gasteiger charge is -2.33. The highest BCUT2D eigenvalue weighted by atomic mass is 16.6. The van der Waals surface area contributed by atoms with E-state index in [1.807, 2.05) is 55.5 Å². The fourth-order valence-electron chi connectivity index (χ4n) is 5.29. The van der Waals surface area contributed by atoms with Gasteiger partial charge in [-0.05, 0) is 75.5 Å². The monoisotopic (exact) mass is 490 g/mol. The number of aromatic nitrogens is 1. The van der Waals surface area contributed by atoms with Gasteiger partial charge in [-0.1, -0.05) is 31.0 Å². The Bertz CT molecular complexity index is 1140. The van der Waals surface area contributed by atoms with E-state index in [4.69, 9.17) is 9.47 Å². The molecule has 2 saturated heterocycles. The van der Waals surface area contributed by atoms with Gasteiger partial charge in [0.15, 0.2) is 0 Å². The van der Waals surface area contributed by atoms with Gasteiger partial charge in [-0.15, -0.1) is 0 Å². The maximum atomic E-state index is 12.6. The number of hydrogen-bond donors (Lipinski definition) is 2. The highest BCUT2D eigenvalue weighted by Gasteiger charge is 2.22. The smallest absolute Gasteiger partial charge is 0.414 e. The summed E-state index contributed by atoms with van der Waals surface area (Å²) in [4.78, 5) is 20.9. The van der Waals surface area contributed by atoms with Gasteiger partial charge in [0, 0.05) is 43.7 Å². The number of aromatic amines is 1. The summed E-state index contributed by atoms with van der Waals surface area (Å²) < 4.78 is 11.7. The maximum Gasteiger partial charge on any atom is 0.414 e. The molecular formula is C29H38N4O3. The van der Waals surface area contributed by atoms with Gasteiger partial charge in [-0.3, -0.25) is 0 Å². The topological polar surface area (TPSA) is 69.8 Å². The summed E-state index contributed by atoms with van der Waals surface area (Å²) >= 11 is 0. The molecule has 0 aliphatic carbocycles. The Kier molecular flexibility index (Phi) is 8.08. The summed E-state index contributed by atoms with van der Waals surface area (Å²) in [5.41, 5.74) is 2.00. The lowest BCUT2D eigenvalue weighted by atomic mass is 10.1. The molecule has 2 aliphatic rings. The van der Waals surface area contributed by atoms with Crippen LogP contribution in [-0.4, -0.2) is 66.2 Å². The van der Waals surface area contributed by atoms with E-state index in [1.165, 1.54) is 38.8 Å². The Balaban J connectivity index is 1.10. The molecule has 7 nitrogen and oxygen atoms in total. The van der Waals surface area contributed by atoms with Crippen molar-refractivity contribution < 1.29 is 14.3 Å². The number of nitrogens with zero attached hydrogens (tertiary/aromatic N) is 2. The first kappa shape index (κ1) is 24.7. The van der Waals surface area contributed by atoms with E-state index in [0.29, 0.717) is 5.88 Å². The standard InChI is InChI=1S/C29H38N4O3/c1-22-8-6-9-24(20-22)35-27-11-7-10-26-25(27)21-28(31-26)36-29(34)30-23-12-16-33(17-13-23)19-18-32-14-4-2-3-5-15-32/h6-11,20-21,23,31H,2-5,12-19H2,1H3,(H,30,34). The molecule has 3 aromatic rings. The van der Waals surface area contributed by atoms with Crippen molar-refractivity contribution in [2.75, 3.05) is 39.3 Å². The molecule has 0 unspecified atom stereocenters. The molecule has 2 aromatic carbocycles. The predicted octanol–water partition coefficient (Wildman–Crippen LogP) is 5.70. The number of rotatable bonds is 7. The summed E-state index contributed by atoms with van der Waals surface area (Å²) in [5, 5.41) is 3.93. The number of ether oxygens (including phenoxy) is 2. The highest BCUT2D eigenvalue weighted by Crippen LogP contribution is 2.32. The minimum atomic E-state index is -0.411. The molecule has 5 rings (SSSR count). The minimum absolute atomic E-state index is 0.150. The molecule has 2 aliphatic heterocycles. The van der Waals surface area contributed by atoms with Gasteiger partial charge in [-0.2, -0.15) is 0 Å². The van der Waals surface area contributed by atoms with E-state index in [-0.39, 0.29) is 6.04 Å². The van der Waals surface area contributed by atoms with Crippen molar-refractivity contribution in [1.82, 2.24) is 20.1 Å². The zero-order valence-electron chi connectivity index (χ0n) is 21.3. The van der Waals surface area contributed by atoms with E-state index in [1.54, 1.807) is 0 Å². The molecule has 2 fully saturated rings. The number of benzene rings is 2. The predicted molar refractivity (Wildman–Crippen MR) is 143 cm³/mol. The summed E-state index contributed by atoms with van der Waals surface area (Å²) in [6, 6.07) is 15.7.